The normalized spacial score (nSPS) is 18.6. The lowest BCUT2D eigenvalue weighted by Gasteiger charge is -2.37. The van der Waals surface area contributed by atoms with E-state index in [1.165, 1.54) is 17.7 Å². The van der Waals surface area contributed by atoms with Gasteiger partial charge in [0, 0.05) is 30.3 Å². The summed E-state index contributed by atoms with van der Waals surface area (Å²) >= 11 is 0. The Hall–Kier alpha value is -2.94. The summed E-state index contributed by atoms with van der Waals surface area (Å²) in [5, 5.41) is 11.2. The predicted molar refractivity (Wildman–Crippen MR) is 130 cm³/mol. The van der Waals surface area contributed by atoms with Gasteiger partial charge in [-0.2, -0.15) is 0 Å². The van der Waals surface area contributed by atoms with Crippen LogP contribution in [0.5, 0.6) is 5.75 Å². The monoisotopic (exact) mass is 446 g/mol. The largest absolute Gasteiger partial charge is 0.497 e. The van der Waals surface area contributed by atoms with Crippen LogP contribution in [-0.4, -0.2) is 48.3 Å². The standard InChI is InChI=1S/C28H31FN2O2/c1-33-26-11-12-28-27(18-26)23(13-15-30-28)6-2-5-22-14-17-31(19-24(22)20-32)16-3-4-21-7-9-25(29)10-8-21/h7-13,15,18,22,24,32H,2,5-6,14,16-17,19-20H2,1H3/t22-,24-/m1/s1. The van der Waals surface area contributed by atoms with Gasteiger partial charge in [-0.05, 0) is 98.2 Å². The SMILES string of the molecule is COc1ccc2nccc(CCC[C@@H]3CCN(CC#Cc4ccc(F)cc4)C[C@@H]3CO)c2c1. The van der Waals surface area contributed by atoms with E-state index in [4.69, 9.17) is 4.74 Å². The number of hydrogen-bond acceptors (Lipinski definition) is 4. The van der Waals surface area contributed by atoms with E-state index in [-0.39, 0.29) is 18.3 Å². The number of fused-ring (bicyclic) bond motifs is 1. The minimum atomic E-state index is -0.245. The van der Waals surface area contributed by atoms with Gasteiger partial charge in [0.25, 0.3) is 0 Å². The van der Waals surface area contributed by atoms with Gasteiger partial charge in [0.2, 0.25) is 0 Å². The number of aromatic nitrogens is 1. The highest BCUT2D eigenvalue weighted by Gasteiger charge is 2.28. The molecule has 0 radical (unpaired) electrons. The van der Waals surface area contributed by atoms with E-state index >= 15 is 0 Å². The fraction of sp³-hybridized carbons (Fsp3) is 0.393. The minimum Gasteiger partial charge on any atom is -0.497 e. The lowest BCUT2D eigenvalue weighted by molar-refractivity contribution is 0.0748. The van der Waals surface area contributed by atoms with E-state index in [1.807, 2.05) is 18.3 Å². The van der Waals surface area contributed by atoms with Crippen LogP contribution in [0.25, 0.3) is 10.9 Å². The van der Waals surface area contributed by atoms with Crippen LogP contribution in [0, 0.1) is 29.5 Å². The molecule has 2 atom stereocenters. The second-order valence-electron chi connectivity index (χ2n) is 8.78. The molecule has 0 aliphatic carbocycles. The lowest BCUT2D eigenvalue weighted by atomic mass is 9.82. The van der Waals surface area contributed by atoms with Crippen LogP contribution in [0.4, 0.5) is 4.39 Å². The summed E-state index contributed by atoms with van der Waals surface area (Å²) in [6.45, 7) is 2.75. The molecule has 0 bridgehead atoms. The maximum Gasteiger partial charge on any atom is 0.123 e. The number of hydrogen-bond donors (Lipinski definition) is 1. The molecule has 1 aliphatic heterocycles. The Labute approximate surface area is 195 Å². The van der Waals surface area contributed by atoms with Gasteiger partial charge in [-0.15, -0.1) is 0 Å². The van der Waals surface area contributed by atoms with Gasteiger partial charge in [0.05, 0.1) is 19.2 Å². The van der Waals surface area contributed by atoms with Gasteiger partial charge < -0.3 is 9.84 Å². The van der Waals surface area contributed by atoms with Crippen LogP contribution in [0.2, 0.25) is 0 Å². The average molecular weight is 447 g/mol. The number of halogens is 1. The van der Waals surface area contributed by atoms with Gasteiger partial charge in [0.15, 0.2) is 0 Å². The highest BCUT2D eigenvalue weighted by Crippen LogP contribution is 2.29. The number of aryl methyl sites for hydroxylation is 1. The zero-order chi connectivity index (χ0) is 23.0. The summed E-state index contributed by atoms with van der Waals surface area (Å²) in [7, 11) is 1.69. The Balaban J connectivity index is 1.29. The molecule has 1 N–H and O–H groups in total. The summed E-state index contributed by atoms with van der Waals surface area (Å²) < 4.78 is 18.4. The number of nitrogens with zero attached hydrogens (tertiary/aromatic N) is 2. The number of rotatable bonds is 7. The van der Waals surface area contributed by atoms with Crippen LogP contribution >= 0.6 is 0 Å². The van der Waals surface area contributed by atoms with Crippen LogP contribution in [0.3, 0.4) is 0 Å². The summed E-state index contributed by atoms with van der Waals surface area (Å²) in [5.74, 6) is 7.71. The van der Waals surface area contributed by atoms with Crippen molar-refractivity contribution in [2.24, 2.45) is 11.8 Å². The Morgan fingerprint density at radius 2 is 2.00 bits per heavy atom. The third-order valence-corrected chi connectivity index (χ3v) is 6.65. The highest BCUT2D eigenvalue weighted by atomic mass is 19.1. The zero-order valence-corrected chi connectivity index (χ0v) is 19.1. The van der Waals surface area contributed by atoms with Crippen molar-refractivity contribution in [3.8, 4) is 17.6 Å². The number of aliphatic hydroxyl groups is 1. The first kappa shape index (κ1) is 23.2. The maximum atomic E-state index is 13.0. The molecule has 0 spiro atoms. The van der Waals surface area contributed by atoms with E-state index in [0.29, 0.717) is 12.5 Å². The Bertz CT molecular complexity index is 1120. The first-order chi connectivity index (χ1) is 16.2. The van der Waals surface area contributed by atoms with Crippen molar-refractivity contribution in [1.29, 1.82) is 0 Å². The minimum absolute atomic E-state index is 0.210. The molecule has 1 fully saturated rings. The molecule has 1 aliphatic rings. The molecule has 3 aromatic rings. The van der Waals surface area contributed by atoms with Crippen molar-refractivity contribution in [3.63, 3.8) is 0 Å². The molecule has 5 heteroatoms. The Morgan fingerprint density at radius 1 is 1.15 bits per heavy atom. The fourth-order valence-electron chi connectivity index (χ4n) is 4.76. The van der Waals surface area contributed by atoms with Crippen LogP contribution in [0.1, 0.15) is 30.4 Å². The van der Waals surface area contributed by atoms with E-state index < -0.39 is 0 Å². The third-order valence-electron chi connectivity index (χ3n) is 6.65. The van der Waals surface area contributed by atoms with E-state index in [9.17, 15) is 9.50 Å². The number of piperidine rings is 1. The molecular weight excluding hydrogens is 415 g/mol. The predicted octanol–water partition coefficient (Wildman–Crippen LogP) is 4.69. The third kappa shape index (κ3) is 6.10. The molecule has 0 saturated carbocycles. The van der Waals surface area contributed by atoms with Crippen molar-refractivity contribution in [2.75, 3.05) is 33.4 Å². The summed E-state index contributed by atoms with van der Waals surface area (Å²) in [4.78, 5) is 6.79. The molecule has 0 unspecified atom stereocenters. The van der Waals surface area contributed by atoms with Crippen molar-refractivity contribution in [3.05, 3.63) is 71.7 Å². The van der Waals surface area contributed by atoms with E-state index in [0.717, 1.165) is 61.0 Å². The van der Waals surface area contributed by atoms with Crippen molar-refractivity contribution >= 4 is 10.9 Å². The summed E-state index contributed by atoms with van der Waals surface area (Å²) in [5.41, 5.74) is 3.12. The quantitative estimate of drug-likeness (QED) is 0.535. The maximum absolute atomic E-state index is 13.0. The zero-order valence-electron chi connectivity index (χ0n) is 19.1. The number of pyridine rings is 1. The van der Waals surface area contributed by atoms with Gasteiger partial charge in [-0.1, -0.05) is 11.8 Å². The number of aliphatic hydroxyl groups excluding tert-OH is 1. The molecule has 2 aromatic carbocycles. The molecule has 4 nitrogen and oxygen atoms in total. The lowest BCUT2D eigenvalue weighted by Crippen LogP contribution is -2.42. The van der Waals surface area contributed by atoms with Crippen molar-refractivity contribution in [2.45, 2.75) is 25.7 Å². The van der Waals surface area contributed by atoms with Gasteiger partial charge in [0.1, 0.15) is 11.6 Å². The first-order valence-electron chi connectivity index (χ1n) is 11.7. The molecule has 33 heavy (non-hydrogen) atoms. The highest BCUT2D eigenvalue weighted by molar-refractivity contribution is 5.83. The molecule has 2 heterocycles. The van der Waals surface area contributed by atoms with E-state index in [2.05, 4.69) is 33.9 Å². The van der Waals surface area contributed by atoms with E-state index in [1.54, 1.807) is 19.2 Å². The molecule has 172 valence electrons. The molecule has 0 amide bonds. The smallest absolute Gasteiger partial charge is 0.123 e. The topological polar surface area (TPSA) is 45.6 Å². The second-order valence-corrected chi connectivity index (χ2v) is 8.78. The number of ether oxygens (including phenoxy) is 1. The van der Waals surface area contributed by atoms with Gasteiger partial charge in [-0.3, -0.25) is 9.88 Å². The van der Waals surface area contributed by atoms with Crippen LogP contribution in [0.15, 0.2) is 54.7 Å². The number of likely N-dealkylation sites (tertiary alicyclic amines) is 1. The van der Waals surface area contributed by atoms with Crippen LogP contribution in [-0.2, 0) is 6.42 Å². The van der Waals surface area contributed by atoms with Gasteiger partial charge in [-0.25, -0.2) is 4.39 Å². The summed E-state index contributed by atoms with van der Waals surface area (Å²) in [6, 6.07) is 14.4. The van der Waals surface area contributed by atoms with Crippen molar-refractivity contribution < 1.29 is 14.2 Å². The molecule has 1 saturated heterocycles. The average Bonchev–Trinajstić information content (AvgIpc) is 2.85. The fourth-order valence-corrected chi connectivity index (χ4v) is 4.76. The Kier molecular flexibility index (Phi) is 7.93. The van der Waals surface area contributed by atoms with Gasteiger partial charge >= 0.3 is 0 Å². The molecular formula is C28H31FN2O2. The second kappa shape index (κ2) is 11.3. The van der Waals surface area contributed by atoms with Crippen molar-refractivity contribution in [1.82, 2.24) is 9.88 Å². The molecule has 4 rings (SSSR count). The Morgan fingerprint density at radius 3 is 2.79 bits per heavy atom. The summed E-state index contributed by atoms with van der Waals surface area (Å²) in [6.07, 6.45) is 6.14. The number of benzene rings is 2. The number of methoxy groups -OCH3 is 1. The first-order valence-corrected chi connectivity index (χ1v) is 11.7. The molecule has 1 aromatic heterocycles. The van der Waals surface area contributed by atoms with Crippen LogP contribution < -0.4 is 4.74 Å².